The molecule has 2 N–H and O–H groups in total. The molecule has 1 unspecified atom stereocenters. The summed E-state index contributed by atoms with van der Waals surface area (Å²) >= 11 is 0. The summed E-state index contributed by atoms with van der Waals surface area (Å²) in [7, 11) is 0. The first-order valence-corrected chi connectivity index (χ1v) is 7.57. The largest absolute Gasteiger partial charge is 0.481 e. The number of likely N-dealkylation sites (tertiary alicyclic amines) is 2. The second kappa shape index (κ2) is 6.92. The van der Waals surface area contributed by atoms with Gasteiger partial charge >= 0.3 is 12.0 Å². The van der Waals surface area contributed by atoms with Crippen molar-refractivity contribution in [1.82, 2.24) is 15.1 Å². The van der Waals surface area contributed by atoms with E-state index in [4.69, 9.17) is 5.11 Å². The Kier molecular flexibility index (Phi) is 5.23. The lowest BCUT2D eigenvalue weighted by atomic mass is 9.99. The SMILES string of the molecule is CC(CN1CCCC1)NC(=O)N1CCC[C@@H](C(=O)O)C1. The van der Waals surface area contributed by atoms with Gasteiger partial charge in [0.2, 0.25) is 0 Å². The third-order valence-electron chi connectivity index (χ3n) is 4.16. The average molecular weight is 283 g/mol. The maximum atomic E-state index is 12.2. The predicted octanol–water partition coefficient (Wildman–Crippen LogP) is 0.977. The summed E-state index contributed by atoms with van der Waals surface area (Å²) in [5.41, 5.74) is 0. The molecule has 0 aromatic rings. The van der Waals surface area contributed by atoms with Crippen molar-refractivity contribution in [2.45, 2.75) is 38.6 Å². The van der Waals surface area contributed by atoms with Gasteiger partial charge in [-0.3, -0.25) is 4.79 Å². The van der Waals surface area contributed by atoms with Crippen LogP contribution in [0.25, 0.3) is 0 Å². The molecule has 2 rings (SSSR count). The fourth-order valence-corrected chi connectivity index (χ4v) is 3.06. The van der Waals surface area contributed by atoms with Crippen LogP contribution < -0.4 is 5.32 Å². The van der Waals surface area contributed by atoms with E-state index >= 15 is 0 Å². The molecule has 2 aliphatic heterocycles. The molecule has 2 amide bonds. The molecule has 2 aliphatic rings. The molecule has 20 heavy (non-hydrogen) atoms. The van der Waals surface area contributed by atoms with Gasteiger partial charge in [0.05, 0.1) is 5.92 Å². The Morgan fingerprint density at radius 1 is 1.25 bits per heavy atom. The van der Waals surface area contributed by atoms with Crippen molar-refractivity contribution in [3.63, 3.8) is 0 Å². The number of carboxylic acids is 1. The minimum absolute atomic E-state index is 0.103. The Morgan fingerprint density at radius 2 is 1.95 bits per heavy atom. The van der Waals surface area contributed by atoms with Crippen molar-refractivity contribution < 1.29 is 14.7 Å². The van der Waals surface area contributed by atoms with Crippen molar-refractivity contribution in [3.05, 3.63) is 0 Å². The van der Waals surface area contributed by atoms with Crippen LogP contribution in [-0.4, -0.2) is 65.7 Å². The van der Waals surface area contributed by atoms with Crippen LogP contribution in [0.15, 0.2) is 0 Å². The lowest BCUT2D eigenvalue weighted by Crippen LogP contribution is -2.51. The minimum atomic E-state index is -0.799. The van der Waals surface area contributed by atoms with Gasteiger partial charge in [0, 0.05) is 25.7 Å². The van der Waals surface area contributed by atoms with Gasteiger partial charge < -0.3 is 20.2 Å². The van der Waals surface area contributed by atoms with Gasteiger partial charge in [-0.15, -0.1) is 0 Å². The number of carbonyl (C=O) groups is 2. The molecule has 0 bridgehead atoms. The number of rotatable bonds is 4. The summed E-state index contributed by atoms with van der Waals surface area (Å²) in [4.78, 5) is 27.2. The van der Waals surface area contributed by atoms with Crippen LogP contribution in [0.4, 0.5) is 4.79 Å². The Balaban J connectivity index is 1.76. The van der Waals surface area contributed by atoms with E-state index in [9.17, 15) is 9.59 Å². The number of aliphatic carboxylic acids is 1. The summed E-state index contributed by atoms with van der Waals surface area (Å²) in [5.74, 6) is -1.21. The number of nitrogens with zero attached hydrogens (tertiary/aromatic N) is 2. The van der Waals surface area contributed by atoms with E-state index in [1.165, 1.54) is 12.8 Å². The topological polar surface area (TPSA) is 72.9 Å². The van der Waals surface area contributed by atoms with Gasteiger partial charge in [-0.1, -0.05) is 0 Å². The van der Waals surface area contributed by atoms with Gasteiger partial charge in [0.25, 0.3) is 0 Å². The highest BCUT2D eigenvalue weighted by Gasteiger charge is 2.28. The molecule has 2 fully saturated rings. The van der Waals surface area contributed by atoms with Gasteiger partial charge in [-0.05, 0) is 45.7 Å². The summed E-state index contributed by atoms with van der Waals surface area (Å²) < 4.78 is 0. The summed E-state index contributed by atoms with van der Waals surface area (Å²) in [6.07, 6.45) is 3.92. The van der Waals surface area contributed by atoms with Crippen LogP contribution in [0.5, 0.6) is 0 Å². The highest BCUT2D eigenvalue weighted by atomic mass is 16.4. The first-order valence-electron chi connectivity index (χ1n) is 7.57. The number of carboxylic acid groups (broad SMARTS) is 1. The maximum Gasteiger partial charge on any atom is 0.317 e. The lowest BCUT2D eigenvalue weighted by molar-refractivity contribution is -0.143. The third-order valence-corrected chi connectivity index (χ3v) is 4.16. The Bertz CT molecular complexity index is 356. The summed E-state index contributed by atoms with van der Waals surface area (Å²) in [6, 6.07) is -0.0200. The predicted molar refractivity (Wildman–Crippen MR) is 75.6 cm³/mol. The smallest absolute Gasteiger partial charge is 0.317 e. The lowest BCUT2D eigenvalue weighted by Gasteiger charge is -2.32. The Hall–Kier alpha value is -1.30. The molecular weight excluding hydrogens is 258 g/mol. The van der Waals surface area contributed by atoms with E-state index in [0.717, 1.165) is 26.1 Å². The standard InChI is InChI=1S/C14H25N3O3/c1-11(9-16-6-2-3-7-16)15-14(20)17-8-4-5-12(10-17)13(18)19/h11-12H,2-10H2,1H3,(H,15,20)(H,18,19)/t11?,12-/m1/s1. The molecule has 0 saturated carbocycles. The highest BCUT2D eigenvalue weighted by Crippen LogP contribution is 2.16. The second-order valence-corrected chi connectivity index (χ2v) is 5.98. The molecule has 0 aromatic carbocycles. The Labute approximate surface area is 120 Å². The maximum absolute atomic E-state index is 12.2. The van der Waals surface area contributed by atoms with Crippen LogP contribution in [0.3, 0.4) is 0 Å². The Morgan fingerprint density at radius 3 is 2.60 bits per heavy atom. The van der Waals surface area contributed by atoms with Crippen molar-refractivity contribution in [2.24, 2.45) is 5.92 Å². The van der Waals surface area contributed by atoms with Crippen molar-refractivity contribution in [3.8, 4) is 0 Å². The zero-order valence-corrected chi connectivity index (χ0v) is 12.2. The monoisotopic (exact) mass is 283 g/mol. The fraction of sp³-hybridized carbons (Fsp3) is 0.857. The molecule has 0 aromatic heterocycles. The van der Waals surface area contributed by atoms with Crippen LogP contribution in [0.1, 0.15) is 32.6 Å². The molecule has 6 heteroatoms. The first-order chi connectivity index (χ1) is 9.56. The van der Waals surface area contributed by atoms with Gasteiger partial charge in [-0.25, -0.2) is 4.79 Å². The molecule has 0 spiro atoms. The fourth-order valence-electron chi connectivity index (χ4n) is 3.06. The second-order valence-electron chi connectivity index (χ2n) is 5.98. The molecule has 6 nitrogen and oxygen atoms in total. The molecule has 114 valence electrons. The minimum Gasteiger partial charge on any atom is -0.481 e. The number of piperidine rings is 1. The highest BCUT2D eigenvalue weighted by molar-refractivity contribution is 5.76. The van der Waals surface area contributed by atoms with Crippen molar-refractivity contribution >= 4 is 12.0 Å². The summed E-state index contributed by atoms with van der Waals surface area (Å²) in [6.45, 7) is 6.11. The molecular formula is C14H25N3O3. The number of carbonyl (C=O) groups excluding carboxylic acids is 1. The van der Waals surface area contributed by atoms with Crippen molar-refractivity contribution in [2.75, 3.05) is 32.7 Å². The van der Waals surface area contributed by atoms with E-state index in [1.54, 1.807) is 4.90 Å². The van der Waals surface area contributed by atoms with Crippen molar-refractivity contribution in [1.29, 1.82) is 0 Å². The molecule has 0 aliphatic carbocycles. The molecule has 2 atom stereocenters. The van der Waals surface area contributed by atoms with E-state index in [0.29, 0.717) is 19.5 Å². The number of nitrogens with one attached hydrogen (secondary N) is 1. The van der Waals surface area contributed by atoms with Gasteiger partial charge in [-0.2, -0.15) is 0 Å². The number of hydrogen-bond donors (Lipinski definition) is 2. The zero-order valence-electron chi connectivity index (χ0n) is 12.2. The van der Waals surface area contributed by atoms with Crippen LogP contribution >= 0.6 is 0 Å². The normalized spacial score (nSPS) is 25.4. The molecule has 0 radical (unpaired) electrons. The van der Waals surface area contributed by atoms with Gasteiger partial charge in [0.1, 0.15) is 0 Å². The van der Waals surface area contributed by atoms with E-state index in [-0.39, 0.29) is 12.1 Å². The molecule has 2 heterocycles. The quantitative estimate of drug-likeness (QED) is 0.806. The average Bonchev–Trinajstić information content (AvgIpc) is 2.91. The van der Waals surface area contributed by atoms with E-state index in [2.05, 4.69) is 10.2 Å². The number of hydrogen-bond acceptors (Lipinski definition) is 3. The van der Waals surface area contributed by atoms with Crippen LogP contribution in [0, 0.1) is 5.92 Å². The number of urea groups is 1. The zero-order chi connectivity index (χ0) is 14.5. The van der Waals surface area contributed by atoms with Crippen LogP contribution in [0.2, 0.25) is 0 Å². The third kappa shape index (κ3) is 4.10. The van der Waals surface area contributed by atoms with Crippen LogP contribution in [-0.2, 0) is 4.79 Å². The van der Waals surface area contributed by atoms with Gasteiger partial charge in [0.15, 0.2) is 0 Å². The summed E-state index contributed by atoms with van der Waals surface area (Å²) in [5, 5.41) is 12.0. The van der Waals surface area contributed by atoms with E-state index in [1.807, 2.05) is 6.92 Å². The number of amides is 2. The molecule has 2 saturated heterocycles. The van der Waals surface area contributed by atoms with E-state index < -0.39 is 11.9 Å². The first kappa shape index (κ1) is 15.1.